The highest BCUT2D eigenvalue weighted by Gasteiger charge is 2.52. The summed E-state index contributed by atoms with van der Waals surface area (Å²) in [6.07, 6.45) is 5.07. The smallest absolute Gasteiger partial charge is 0.320 e. The van der Waals surface area contributed by atoms with Gasteiger partial charge in [-0.3, -0.25) is 9.69 Å². The minimum absolute atomic E-state index is 0.0231. The second-order valence-electron chi connectivity index (χ2n) is 12.5. The molecule has 11 heteroatoms. The Labute approximate surface area is 235 Å². The maximum atomic E-state index is 14.3. The van der Waals surface area contributed by atoms with Gasteiger partial charge in [-0.15, -0.1) is 10.2 Å². The summed E-state index contributed by atoms with van der Waals surface area (Å²) in [5, 5.41) is 8.49. The zero-order chi connectivity index (χ0) is 29.3. The van der Waals surface area contributed by atoms with E-state index < -0.39 is 29.5 Å². The van der Waals surface area contributed by atoms with Gasteiger partial charge >= 0.3 is 6.18 Å². The van der Waals surface area contributed by atoms with E-state index in [1.807, 2.05) is 29.8 Å². The number of likely N-dealkylation sites (tertiary alicyclic amines) is 1. The van der Waals surface area contributed by atoms with E-state index in [9.17, 15) is 26.7 Å². The van der Waals surface area contributed by atoms with Gasteiger partial charge in [0.1, 0.15) is 12.2 Å². The molecule has 0 radical (unpaired) electrons. The Kier molecular flexibility index (Phi) is 6.67. The highest BCUT2D eigenvalue weighted by molar-refractivity contribution is 6.00. The molecule has 4 aliphatic rings. The van der Waals surface area contributed by atoms with E-state index in [1.54, 1.807) is 11.2 Å². The Bertz CT molecular complexity index is 1420. The van der Waals surface area contributed by atoms with Gasteiger partial charge in [-0.05, 0) is 60.4 Å². The van der Waals surface area contributed by atoms with Crippen LogP contribution in [0.1, 0.15) is 72.4 Å². The number of nitrogens with zero attached hydrogens (tertiary/aromatic N) is 5. The lowest BCUT2D eigenvalue weighted by atomic mass is 9.54. The fourth-order valence-electron chi connectivity index (χ4n) is 7.39. The number of fused-ring (bicyclic) bond motifs is 1. The van der Waals surface area contributed by atoms with Crippen LogP contribution in [-0.2, 0) is 31.7 Å². The van der Waals surface area contributed by atoms with Crippen molar-refractivity contribution in [1.82, 2.24) is 24.6 Å². The molecule has 0 bridgehead atoms. The van der Waals surface area contributed by atoms with Crippen LogP contribution in [0.5, 0.6) is 0 Å². The van der Waals surface area contributed by atoms with Gasteiger partial charge in [-0.25, -0.2) is 8.78 Å². The molecule has 1 aromatic carbocycles. The van der Waals surface area contributed by atoms with E-state index in [1.165, 1.54) is 17.9 Å². The molecule has 6 nitrogen and oxygen atoms in total. The molecule has 2 fully saturated rings. The third kappa shape index (κ3) is 4.79. The standard InChI is InChI=1S/C30H34F5N5O/c1-18-12-28(13-18,27-37-36-17-38(27)3)21-5-4-6-22(11-21)40-16-24-23(26(40)41)9-20(10-25(24)30(33,34)35)15-39-8-7-29(31,32)19(2)14-39/h4,6,9-11,17-19,21H,5,7-8,12-16H2,1-3H3/t18?,19-,21?,28?/m1/s1. The van der Waals surface area contributed by atoms with E-state index in [0.717, 1.165) is 31.2 Å². The molecule has 0 N–H and O–H groups in total. The van der Waals surface area contributed by atoms with Crippen molar-refractivity contribution >= 4 is 5.91 Å². The number of alkyl halides is 5. The molecule has 2 aliphatic carbocycles. The van der Waals surface area contributed by atoms with Crippen molar-refractivity contribution in [2.24, 2.45) is 24.8 Å². The number of hydrogen-bond donors (Lipinski definition) is 0. The van der Waals surface area contributed by atoms with Gasteiger partial charge in [0.15, 0.2) is 0 Å². The van der Waals surface area contributed by atoms with Crippen molar-refractivity contribution in [2.45, 2.75) is 70.1 Å². The number of benzene rings is 1. The van der Waals surface area contributed by atoms with Gasteiger partial charge < -0.3 is 9.47 Å². The third-order valence-corrected chi connectivity index (χ3v) is 9.48. The second kappa shape index (κ2) is 9.74. The van der Waals surface area contributed by atoms with Crippen molar-refractivity contribution in [3.05, 3.63) is 70.5 Å². The molecule has 3 heterocycles. The summed E-state index contributed by atoms with van der Waals surface area (Å²) < 4.78 is 72.7. The van der Waals surface area contributed by atoms with Crippen molar-refractivity contribution in [3.8, 4) is 0 Å². The molecule has 1 unspecified atom stereocenters. The average molecular weight is 576 g/mol. The van der Waals surface area contributed by atoms with Crippen LogP contribution in [0, 0.1) is 17.8 Å². The van der Waals surface area contributed by atoms with E-state index in [4.69, 9.17) is 0 Å². The minimum Gasteiger partial charge on any atom is -0.320 e. The zero-order valence-electron chi connectivity index (χ0n) is 23.4. The number of carbonyl (C=O) groups is 1. The van der Waals surface area contributed by atoms with E-state index in [-0.39, 0.29) is 55.1 Å². The van der Waals surface area contributed by atoms with Crippen LogP contribution in [0.3, 0.4) is 0 Å². The number of aromatic nitrogens is 3. The van der Waals surface area contributed by atoms with Gasteiger partial charge in [0.05, 0.1) is 12.1 Å². The largest absolute Gasteiger partial charge is 0.416 e. The lowest BCUT2D eigenvalue weighted by Gasteiger charge is -2.50. The van der Waals surface area contributed by atoms with Crippen molar-refractivity contribution in [2.75, 3.05) is 13.1 Å². The van der Waals surface area contributed by atoms with Crippen LogP contribution in [0.2, 0.25) is 0 Å². The van der Waals surface area contributed by atoms with Crippen LogP contribution in [0.15, 0.2) is 42.4 Å². The van der Waals surface area contributed by atoms with Crippen LogP contribution < -0.4 is 0 Å². The lowest BCUT2D eigenvalue weighted by Crippen LogP contribution is -2.48. The molecule has 1 amide bonds. The SMILES string of the molecule is CC1CC(c2nncn2C)(C2C=C(N3Cc4c(cc(CN5CCC(F)(F)[C@H](C)C5)cc4C(F)(F)F)C3=O)C=CC2)C1. The summed E-state index contributed by atoms with van der Waals surface area (Å²) in [5.74, 6) is -2.74. The first-order valence-corrected chi connectivity index (χ1v) is 14.2. The summed E-state index contributed by atoms with van der Waals surface area (Å²) >= 11 is 0. The van der Waals surface area contributed by atoms with Gasteiger partial charge in [0.2, 0.25) is 0 Å². The fraction of sp³-hybridized carbons (Fsp3) is 0.567. The molecule has 1 saturated heterocycles. The Hall–Kier alpha value is -3.08. The molecular formula is C30H34F5N5O. The number of rotatable bonds is 5. The Morgan fingerprint density at radius 3 is 2.54 bits per heavy atom. The summed E-state index contributed by atoms with van der Waals surface area (Å²) in [5.41, 5.74) is -0.201. The first kappa shape index (κ1) is 28.1. The minimum atomic E-state index is -4.66. The summed E-state index contributed by atoms with van der Waals surface area (Å²) in [7, 11) is 1.91. The third-order valence-electron chi connectivity index (χ3n) is 9.48. The van der Waals surface area contributed by atoms with Gasteiger partial charge in [0, 0.05) is 55.7 Å². The van der Waals surface area contributed by atoms with Gasteiger partial charge in [-0.1, -0.05) is 26.0 Å². The van der Waals surface area contributed by atoms with E-state index in [2.05, 4.69) is 17.1 Å². The first-order chi connectivity index (χ1) is 19.3. The average Bonchev–Trinajstić information content (AvgIpc) is 3.46. The summed E-state index contributed by atoms with van der Waals surface area (Å²) in [6.45, 7) is 3.71. The highest BCUT2D eigenvalue weighted by Crippen LogP contribution is 2.54. The molecule has 6 rings (SSSR count). The molecule has 2 atom stereocenters. The second-order valence-corrected chi connectivity index (χ2v) is 12.5. The maximum absolute atomic E-state index is 14.3. The molecule has 0 spiro atoms. The van der Waals surface area contributed by atoms with Crippen molar-refractivity contribution < 1.29 is 26.7 Å². The molecule has 1 saturated carbocycles. The van der Waals surface area contributed by atoms with Crippen molar-refractivity contribution in [1.29, 1.82) is 0 Å². The maximum Gasteiger partial charge on any atom is 0.416 e. The predicted molar refractivity (Wildman–Crippen MR) is 142 cm³/mol. The first-order valence-electron chi connectivity index (χ1n) is 14.2. The number of piperidine rings is 1. The van der Waals surface area contributed by atoms with E-state index >= 15 is 0 Å². The summed E-state index contributed by atoms with van der Waals surface area (Å²) in [4.78, 5) is 16.8. The number of allylic oxidation sites excluding steroid dienone is 3. The molecule has 2 aromatic rings. The van der Waals surface area contributed by atoms with Crippen LogP contribution in [-0.4, -0.2) is 49.5 Å². The highest BCUT2D eigenvalue weighted by atomic mass is 19.4. The van der Waals surface area contributed by atoms with Crippen molar-refractivity contribution in [3.63, 3.8) is 0 Å². The molecule has 1 aromatic heterocycles. The quantitative estimate of drug-likeness (QED) is 0.405. The van der Waals surface area contributed by atoms with Gasteiger partial charge in [-0.2, -0.15) is 13.2 Å². The van der Waals surface area contributed by atoms with Crippen LogP contribution >= 0.6 is 0 Å². The topological polar surface area (TPSA) is 54.3 Å². The Morgan fingerprint density at radius 2 is 1.90 bits per heavy atom. The molecule has 220 valence electrons. The molecular weight excluding hydrogens is 541 g/mol. The van der Waals surface area contributed by atoms with Crippen LogP contribution in [0.4, 0.5) is 22.0 Å². The fourth-order valence-corrected chi connectivity index (χ4v) is 7.39. The molecule has 41 heavy (non-hydrogen) atoms. The zero-order valence-corrected chi connectivity index (χ0v) is 23.4. The Morgan fingerprint density at radius 1 is 1.15 bits per heavy atom. The molecule has 2 aliphatic heterocycles. The number of hydrogen-bond acceptors (Lipinski definition) is 4. The van der Waals surface area contributed by atoms with Gasteiger partial charge in [0.25, 0.3) is 11.8 Å². The number of amides is 1. The monoisotopic (exact) mass is 575 g/mol. The Balaban J connectivity index is 1.30. The normalized spacial score (nSPS) is 29.9. The number of carbonyl (C=O) groups excluding carboxylic acids is 1. The predicted octanol–water partition coefficient (Wildman–Crippen LogP) is 6.09. The van der Waals surface area contributed by atoms with E-state index in [0.29, 0.717) is 17.2 Å². The van der Waals surface area contributed by atoms with Crippen LogP contribution in [0.25, 0.3) is 0 Å². The summed E-state index contributed by atoms with van der Waals surface area (Å²) in [6, 6.07) is 2.60. The number of halogens is 5. The lowest BCUT2D eigenvalue weighted by molar-refractivity contribution is -0.138. The number of aryl methyl sites for hydroxylation is 1.